The molecule has 0 heterocycles. The molecule has 0 amide bonds. The van der Waals surface area contributed by atoms with Gasteiger partial charge in [0.15, 0.2) is 25.0 Å². The molecule has 274 valence electrons. The van der Waals surface area contributed by atoms with Gasteiger partial charge in [-0.3, -0.25) is 14.4 Å². The van der Waals surface area contributed by atoms with Crippen LogP contribution in [0.2, 0.25) is 97.7 Å². The zero-order valence-corrected chi connectivity index (χ0v) is 37.8. The summed E-state index contributed by atoms with van der Waals surface area (Å²) in [5, 5.41) is 0. The molecule has 0 bridgehead atoms. The highest BCUT2D eigenvalue weighted by Gasteiger charge is 2.40. The third-order valence-electron chi connectivity index (χ3n) is 5.18. The highest BCUT2D eigenvalue weighted by atomic mass is 28.5. The monoisotopic (exact) mass is 762 g/mol. The second kappa shape index (κ2) is 21.5. The molecule has 0 aliphatic heterocycles. The molecule has 0 rings (SSSR count). The number of hydrogen-bond donors (Lipinski definition) is 0. The fourth-order valence-electron chi connectivity index (χ4n) is 4.61. The van der Waals surface area contributed by atoms with Gasteiger partial charge >= 0.3 is 35.0 Å². The van der Waals surface area contributed by atoms with E-state index in [0.717, 1.165) is 6.42 Å². The Bertz CT molecular complexity index is 902. The lowest BCUT2D eigenvalue weighted by atomic mass is 10.3. The summed E-state index contributed by atoms with van der Waals surface area (Å²) in [6.07, 6.45) is 1.28. The summed E-state index contributed by atoms with van der Waals surface area (Å²) in [6.45, 7) is 31.0. The molecular formula is C28H66O12Si6. The Morgan fingerprint density at radius 1 is 0.500 bits per heavy atom. The van der Waals surface area contributed by atoms with Gasteiger partial charge in [0.1, 0.15) is 6.61 Å². The maximum absolute atomic E-state index is 11.9. The molecule has 0 spiro atoms. The van der Waals surface area contributed by atoms with Crippen molar-refractivity contribution in [3.63, 3.8) is 0 Å². The zero-order chi connectivity index (χ0) is 36.5. The van der Waals surface area contributed by atoms with Crippen molar-refractivity contribution in [1.82, 2.24) is 0 Å². The van der Waals surface area contributed by atoms with Crippen LogP contribution in [0.4, 0.5) is 0 Å². The van der Waals surface area contributed by atoms with Gasteiger partial charge in [-0.05, 0) is 91.7 Å². The quantitative estimate of drug-likeness (QED) is 0.0542. The van der Waals surface area contributed by atoms with Crippen LogP contribution in [-0.2, 0) is 54.5 Å². The van der Waals surface area contributed by atoms with Crippen LogP contribution in [0.5, 0.6) is 0 Å². The molecule has 0 aromatic heterocycles. The molecule has 0 saturated heterocycles. The molecule has 18 heteroatoms. The van der Waals surface area contributed by atoms with E-state index in [1.807, 2.05) is 13.1 Å². The summed E-state index contributed by atoms with van der Waals surface area (Å²) in [5.74, 6) is -1.04. The van der Waals surface area contributed by atoms with E-state index in [4.69, 9.17) is 35.4 Å². The summed E-state index contributed by atoms with van der Waals surface area (Å²) in [4.78, 5) is 34.2. The standard InChI is InChI=1S/C15H34O7Si3.C13H32O5Si3/c1-18-14(16)9-10-15(17)20-12-11-19-13-24(5,6)22-25(7,8)21-23(2,3)4;1-15-10-9-11-16-13(14)12-20(5,6)18-21(7,8)17-19(2,3)4/h9-13H2,1-8H3;9-12H2,1-8H3. The minimum atomic E-state index is -2.19. The molecule has 46 heavy (non-hydrogen) atoms. The minimum absolute atomic E-state index is 0.0177. The smallest absolute Gasteiger partial charge is 0.311 e. The molecule has 0 aromatic rings. The first-order valence-electron chi connectivity index (χ1n) is 15.9. The van der Waals surface area contributed by atoms with E-state index in [1.165, 1.54) is 7.11 Å². The van der Waals surface area contributed by atoms with Crippen molar-refractivity contribution >= 4 is 68.3 Å². The molecule has 0 aromatic carbocycles. The number of hydrogen-bond acceptors (Lipinski definition) is 12. The Morgan fingerprint density at radius 2 is 0.957 bits per heavy atom. The summed E-state index contributed by atoms with van der Waals surface area (Å²) in [6, 6.07) is 0.367. The summed E-state index contributed by atoms with van der Waals surface area (Å²) >= 11 is 0. The van der Waals surface area contributed by atoms with Crippen LogP contribution in [0.3, 0.4) is 0 Å². The van der Waals surface area contributed by atoms with Gasteiger partial charge in [-0.15, -0.1) is 0 Å². The topological polar surface area (TPSA) is 134 Å². The van der Waals surface area contributed by atoms with Gasteiger partial charge in [-0.1, -0.05) is 0 Å². The highest BCUT2D eigenvalue weighted by Crippen LogP contribution is 2.23. The molecule has 0 fully saturated rings. The van der Waals surface area contributed by atoms with Crippen molar-refractivity contribution in [3.05, 3.63) is 0 Å². The number of carbonyl (C=O) groups is 3. The molecule has 0 atom stereocenters. The number of methoxy groups -OCH3 is 2. The molecule has 0 N–H and O–H groups in total. The average molecular weight is 763 g/mol. The van der Waals surface area contributed by atoms with Gasteiger partial charge in [0, 0.05) is 20.1 Å². The molecule has 0 aliphatic rings. The maximum atomic E-state index is 11.9. The third-order valence-corrected chi connectivity index (χ3v) is 24.4. The molecule has 0 unspecified atom stereocenters. The third kappa shape index (κ3) is 30.8. The number of carbonyl (C=O) groups excluding carboxylic acids is 3. The van der Waals surface area contributed by atoms with Crippen LogP contribution in [0.1, 0.15) is 19.3 Å². The molecule has 0 radical (unpaired) electrons. The van der Waals surface area contributed by atoms with Gasteiger partial charge in [0.2, 0.25) is 8.32 Å². The van der Waals surface area contributed by atoms with Crippen LogP contribution >= 0.6 is 0 Å². The second-order valence-corrected chi connectivity index (χ2v) is 40.0. The molecule has 0 saturated carbocycles. The fraction of sp³-hybridized carbons (Fsp3) is 0.893. The maximum Gasteiger partial charge on any atom is 0.311 e. The number of ether oxygens (including phenoxy) is 5. The lowest BCUT2D eigenvalue weighted by molar-refractivity contribution is -0.149. The largest absolute Gasteiger partial charge is 0.469 e. The first kappa shape index (κ1) is 47.6. The van der Waals surface area contributed by atoms with Crippen molar-refractivity contribution in [3.8, 4) is 0 Å². The Labute approximate surface area is 285 Å². The minimum Gasteiger partial charge on any atom is -0.469 e. The summed E-state index contributed by atoms with van der Waals surface area (Å²) < 4.78 is 50.2. The van der Waals surface area contributed by atoms with E-state index in [0.29, 0.717) is 32.1 Å². The Morgan fingerprint density at radius 3 is 1.41 bits per heavy atom. The van der Waals surface area contributed by atoms with E-state index in [9.17, 15) is 14.4 Å². The normalized spacial score (nSPS) is 13.0. The number of rotatable bonds is 22. The Hall–Kier alpha value is -0.529. The first-order valence-corrected chi connectivity index (χ1v) is 34.6. The van der Waals surface area contributed by atoms with Crippen LogP contribution in [0, 0.1) is 0 Å². The molecular weight excluding hydrogens is 697 g/mol. The lowest BCUT2D eigenvalue weighted by Crippen LogP contribution is -2.53. The molecule has 0 aliphatic carbocycles. The van der Waals surface area contributed by atoms with E-state index in [1.54, 1.807) is 7.11 Å². The van der Waals surface area contributed by atoms with Crippen molar-refractivity contribution < 1.29 is 54.5 Å². The predicted octanol–water partition coefficient (Wildman–Crippen LogP) is 6.15. The highest BCUT2D eigenvalue weighted by molar-refractivity contribution is 6.88. The van der Waals surface area contributed by atoms with Crippen LogP contribution < -0.4 is 0 Å². The van der Waals surface area contributed by atoms with E-state index >= 15 is 0 Å². The SMILES string of the molecule is COC(=O)CCC(=O)OCCOC[Si](C)(C)O[Si](C)(C)O[Si](C)(C)C.COCCCOC(=O)C[Si](C)(C)O[Si](C)(C)O[Si](C)(C)C. The lowest BCUT2D eigenvalue weighted by Gasteiger charge is -2.37. The molecule has 12 nitrogen and oxygen atoms in total. The summed E-state index contributed by atoms with van der Waals surface area (Å²) in [7, 11) is -8.85. The Kier molecular flexibility index (Phi) is 22.3. The first-order chi connectivity index (χ1) is 20.6. The fourth-order valence-corrected chi connectivity index (χ4v) is 30.1. The van der Waals surface area contributed by atoms with Gasteiger partial charge in [0.05, 0.1) is 45.4 Å². The van der Waals surface area contributed by atoms with Crippen molar-refractivity contribution in [2.75, 3.05) is 46.9 Å². The van der Waals surface area contributed by atoms with Gasteiger partial charge in [0.25, 0.3) is 0 Å². The van der Waals surface area contributed by atoms with Gasteiger partial charge < -0.3 is 40.1 Å². The van der Waals surface area contributed by atoms with Crippen molar-refractivity contribution in [2.24, 2.45) is 0 Å². The van der Waals surface area contributed by atoms with Crippen LogP contribution in [0.25, 0.3) is 0 Å². The number of esters is 3. The Balaban J connectivity index is 0. The van der Waals surface area contributed by atoms with E-state index in [-0.39, 0.29) is 25.4 Å². The van der Waals surface area contributed by atoms with Gasteiger partial charge in [-0.25, -0.2) is 0 Å². The van der Waals surface area contributed by atoms with E-state index in [2.05, 4.69) is 83.3 Å². The zero-order valence-electron chi connectivity index (χ0n) is 31.8. The summed E-state index contributed by atoms with van der Waals surface area (Å²) in [5.41, 5.74) is 0. The second-order valence-electron chi connectivity index (χ2n) is 15.0. The van der Waals surface area contributed by atoms with Crippen molar-refractivity contribution in [2.45, 2.75) is 117 Å². The average Bonchev–Trinajstić information content (AvgIpc) is 2.80. The van der Waals surface area contributed by atoms with Crippen LogP contribution in [-0.4, -0.2) is 115 Å². The van der Waals surface area contributed by atoms with Crippen molar-refractivity contribution in [1.29, 1.82) is 0 Å². The van der Waals surface area contributed by atoms with Crippen LogP contribution in [0.15, 0.2) is 0 Å². The van der Waals surface area contributed by atoms with Gasteiger partial charge in [-0.2, -0.15) is 0 Å². The predicted molar refractivity (Wildman–Crippen MR) is 196 cm³/mol. The van der Waals surface area contributed by atoms with E-state index < -0.39 is 62.3 Å².